The molecule has 0 atom stereocenters. The summed E-state index contributed by atoms with van der Waals surface area (Å²) in [7, 11) is -1.22. The first-order valence-electron chi connectivity index (χ1n) is 5.69. The Labute approximate surface area is 121 Å². The number of aryl methyl sites for hydroxylation is 1. The van der Waals surface area contributed by atoms with Crippen LogP contribution in [-0.2, 0) is 14.8 Å². The molecule has 10 heteroatoms. The van der Waals surface area contributed by atoms with Crippen molar-refractivity contribution in [3.63, 3.8) is 0 Å². The number of ether oxygens (including phenoxy) is 1. The molecular weight excluding hydrogens is 302 g/mol. The molecule has 1 aromatic carbocycles. The molecule has 0 aromatic heterocycles. The molecule has 0 aliphatic heterocycles. The number of carbonyl (C=O) groups is 1. The van der Waals surface area contributed by atoms with Crippen LogP contribution < -0.4 is 9.88 Å². The van der Waals surface area contributed by atoms with E-state index in [-0.39, 0.29) is 11.3 Å². The van der Waals surface area contributed by atoms with Gasteiger partial charge in [-0.05, 0) is 12.5 Å². The molecule has 0 bridgehead atoms. The third-order valence-electron chi connectivity index (χ3n) is 2.58. The largest absolute Gasteiger partial charge is 0.482 e. The predicted octanol–water partition coefficient (Wildman–Crippen LogP) is 0.0176. The molecule has 0 aliphatic rings. The molecule has 0 saturated carbocycles. The van der Waals surface area contributed by atoms with Crippen molar-refractivity contribution < 1.29 is 22.9 Å². The fraction of sp³-hybridized carbons (Fsp3) is 0.364. The number of nitrogens with two attached hydrogens (primary N) is 1. The van der Waals surface area contributed by atoms with E-state index in [1.807, 2.05) is 0 Å². The number of benzene rings is 1. The average Bonchev–Trinajstić information content (AvgIpc) is 2.34. The number of rotatable bonds is 5. The second kappa shape index (κ2) is 6.06. The number of amides is 1. The minimum atomic E-state index is -4.23. The van der Waals surface area contributed by atoms with Gasteiger partial charge in [0.2, 0.25) is 10.0 Å². The standard InChI is InChI=1S/C11H15N3O6S/c1-7-4-8(14(16)17)5-9(21(12,18)19)11(7)20-6-10(15)13(2)3/h4-5H,6H2,1-3H3,(H2,12,18,19). The molecule has 1 amide bonds. The summed E-state index contributed by atoms with van der Waals surface area (Å²) in [4.78, 5) is 22.2. The highest BCUT2D eigenvalue weighted by molar-refractivity contribution is 7.89. The maximum Gasteiger partial charge on any atom is 0.271 e. The van der Waals surface area contributed by atoms with Crippen molar-refractivity contribution in [2.24, 2.45) is 5.14 Å². The molecule has 1 rings (SSSR count). The molecule has 0 saturated heterocycles. The van der Waals surface area contributed by atoms with Gasteiger partial charge in [0, 0.05) is 26.2 Å². The maximum atomic E-state index is 11.5. The van der Waals surface area contributed by atoms with Crippen LogP contribution in [0.4, 0.5) is 5.69 Å². The Hall–Kier alpha value is -2.20. The number of nitro benzene ring substituents is 1. The van der Waals surface area contributed by atoms with E-state index >= 15 is 0 Å². The molecule has 0 aliphatic carbocycles. The summed E-state index contributed by atoms with van der Waals surface area (Å²) in [5, 5.41) is 15.8. The van der Waals surface area contributed by atoms with Gasteiger partial charge in [-0.15, -0.1) is 0 Å². The Balaban J connectivity index is 3.31. The quantitative estimate of drug-likeness (QED) is 0.601. The topological polar surface area (TPSA) is 133 Å². The van der Waals surface area contributed by atoms with Gasteiger partial charge in [-0.2, -0.15) is 0 Å². The van der Waals surface area contributed by atoms with Crippen molar-refractivity contribution in [3.8, 4) is 5.75 Å². The smallest absolute Gasteiger partial charge is 0.271 e. The lowest BCUT2D eigenvalue weighted by atomic mass is 10.2. The minimum Gasteiger partial charge on any atom is -0.482 e. The number of hydrogen-bond acceptors (Lipinski definition) is 6. The number of nitrogens with zero attached hydrogens (tertiary/aromatic N) is 2. The van der Waals surface area contributed by atoms with Gasteiger partial charge in [0.15, 0.2) is 6.61 Å². The molecule has 9 nitrogen and oxygen atoms in total. The molecule has 21 heavy (non-hydrogen) atoms. The predicted molar refractivity (Wildman–Crippen MR) is 73.4 cm³/mol. The van der Waals surface area contributed by atoms with Crippen LogP contribution >= 0.6 is 0 Å². The van der Waals surface area contributed by atoms with E-state index in [2.05, 4.69) is 0 Å². The van der Waals surface area contributed by atoms with Gasteiger partial charge in [-0.3, -0.25) is 14.9 Å². The summed E-state index contributed by atoms with van der Waals surface area (Å²) in [6.45, 7) is 1.02. The first-order chi connectivity index (χ1) is 9.54. The molecule has 0 fully saturated rings. The van der Waals surface area contributed by atoms with Crippen LogP contribution in [0.5, 0.6) is 5.75 Å². The molecule has 0 heterocycles. The van der Waals surface area contributed by atoms with E-state index in [0.717, 1.165) is 12.1 Å². The van der Waals surface area contributed by atoms with Gasteiger partial charge in [0.05, 0.1) is 4.92 Å². The van der Waals surface area contributed by atoms with Crippen molar-refractivity contribution in [2.75, 3.05) is 20.7 Å². The third-order valence-corrected chi connectivity index (χ3v) is 3.50. The van der Waals surface area contributed by atoms with Gasteiger partial charge in [-0.25, -0.2) is 13.6 Å². The van der Waals surface area contributed by atoms with E-state index < -0.39 is 38.0 Å². The zero-order valence-electron chi connectivity index (χ0n) is 11.7. The number of likely N-dealkylation sites (N-methyl/N-ethyl adjacent to an activating group) is 1. The van der Waals surface area contributed by atoms with Gasteiger partial charge >= 0.3 is 0 Å². The second-order valence-electron chi connectivity index (χ2n) is 4.47. The molecule has 0 radical (unpaired) electrons. The first-order valence-corrected chi connectivity index (χ1v) is 7.23. The lowest BCUT2D eigenvalue weighted by Gasteiger charge is -2.15. The van der Waals surface area contributed by atoms with E-state index in [1.54, 1.807) is 0 Å². The number of nitro groups is 1. The minimum absolute atomic E-state index is 0.168. The van der Waals surface area contributed by atoms with Crippen molar-refractivity contribution in [1.29, 1.82) is 0 Å². The van der Waals surface area contributed by atoms with Crippen LogP contribution in [0.1, 0.15) is 5.56 Å². The van der Waals surface area contributed by atoms with Crippen molar-refractivity contribution in [2.45, 2.75) is 11.8 Å². The Morgan fingerprint density at radius 3 is 2.43 bits per heavy atom. The number of hydrogen-bond donors (Lipinski definition) is 1. The molecule has 2 N–H and O–H groups in total. The first kappa shape index (κ1) is 16.9. The Morgan fingerprint density at radius 1 is 1.43 bits per heavy atom. The summed E-state index contributed by atoms with van der Waals surface area (Å²) in [5.41, 5.74) is -0.234. The molecule has 0 spiro atoms. The zero-order chi connectivity index (χ0) is 16.4. The zero-order valence-corrected chi connectivity index (χ0v) is 12.5. The molecule has 1 aromatic rings. The van der Waals surface area contributed by atoms with Crippen LogP contribution in [-0.4, -0.2) is 44.9 Å². The molecule has 116 valence electrons. The number of carbonyl (C=O) groups excluding carboxylic acids is 1. The maximum absolute atomic E-state index is 11.5. The van der Waals surface area contributed by atoms with Gasteiger partial charge in [0.25, 0.3) is 11.6 Å². The number of sulfonamides is 1. The number of primary sulfonamides is 1. The van der Waals surface area contributed by atoms with Crippen LogP contribution in [0.3, 0.4) is 0 Å². The molecular formula is C11H15N3O6S. The van der Waals surface area contributed by atoms with Crippen LogP contribution in [0.15, 0.2) is 17.0 Å². The van der Waals surface area contributed by atoms with Crippen LogP contribution in [0.25, 0.3) is 0 Å². The van der Waals surface area contributed by atoms with E-state index in [4.69, 9.17) is 9.88 Å². The summed E-state index contributed by atoms with van der Waals surface area (Å²) in [6.07, 6.45) is 0. The van der Waals surface area contributed by atoms with Crippen molar-refractivity contribution in [1.82, 2.24) is 4.90 Å². The monoisotopic (exact) mass is 317 g/mol. The average molecular weight is 317 g/mol. The highest BCUT2D eigenvalue weighted by Gasteiger charge is 2.23. The fourth-order valence-corrected chi connectivity index (χ4v) is 2.25. The van der Waals surface area contributed by atoms with E-state index in [1.165, 1.54) is 25.9 Å². The summed E-state index contributed by atoms with van der Waals surface area (Å²) in [5.74, 6) is -0.563. The highest BCUT2D eigenvalue weighted by Crippen LogP contribution is 2.31. The summed E-state index contributed by atoms with van der Waals surface area (Å²) < 4.78 is 28.3. The Morgan fingerprint density at radius 2 is 2.00 bits per heavy atom. The second-order valence-corrected chi connectivity index (χ2v) is 6.00. The van der Waals surface area contributed by atoms with Crippen molar-refractivity contribution >= 4 is 21.6 Å². The van der Waals surface area contributed by atoms with E-state index in [9.17, 15) is 23.3 Å². The van der Waals surface area contributed by atoms with Crippen molar-refractivity contribution in [3.05, 3.63) is 27.8 Å². The third kappa shape index (κ3) is 4.13. The van der Waals surface area contributed by atoms with Crippen LogP contribution in [0, 0.1) is 17.0 Å². The normalized spacial score (nSPS) is 11.0. The van der Waals surface area contributed by atoms with Gasteiger partial charge in [0.1, 0.15) is 10.6 Å². The summed E-state index contributed by atoms with van der Waals surface area (Å²) in [6, 6.07) is 1.95. The Kier molecular flexibility index (Phi) is 4.86. The molecule has 0 unspecified atom stereocenters. The fourth-order valence-electron chi connectivity index (χ4n) is 1.49. The SMILES string of the molecule is Cc1cc([N+](=O)[O-])cc(S(N)(=O)=O)c1OCC(=O)N(C)C. The van der Waals surface area contributed by atoms with Gasteiger partial charge in [-0.1, -0.05) is 0 Å². The van der Waals surface area contributed by atoms with Gasteiger partial charge < -0.3 is 9.64 Å². The highest BCUT2D eigenvalue weighted by atomic mass is 32.2. The lowest BCUT2D eigenvalue weighted by Crippen LogP contribution is -2.28. The van der Waals surface area contributed by atoms with E-state index in [0.29, 0.717) is 0 Å². The number of non-ortho nitro benzene ring substituents is 1. The van der Waals surface area contributed by atoms with Crippen LogP contribution in [0.2, 0.25) is 0 Å². The lowest BCUT2D eigenvalue weighted by molar-refractivity contribution is -0.385. The Bertz CT molecular complexity index is 683. The summed E-state index contributed by atoms with van der Waals surface area (Å²) >= 11 is 0.